The van der Waals surface area contributed by atoms with Crippen LogP contribution in [0.25, 0.3) is 0 Å². The number of hydrogen-bond donors (Lipinski definition) is 1. The van der Waals surface area contributed by atoms with Crippen molar-refractivity contribution in [2.24, 2.45) is 5.92 Å². The quantitative estimate of drug-likeness (QED) is 0.396. The monoisotopic (exact) mass is 243 g/mol. The van der Waals surface area contributed by atoms with E-state index >= 15 is 0 Å². The lowest BCUT2D eigenvalue weighted by molar-refractivity contribution is -0.00369. The van der Waals surface area contributed by atoms with Crippen molar-refractivity contribution in [3.05, 3.63) is 0 Å². The smallest absolute Gasteiger partial charge is 0.0705 e. The van der Waals surface area contributed by atoms with Crippen molar-refractivity contribution in [3.8, 4) is 0 Å². The minimum absolute atomic E-state index is 0.562. The SMILES string of the molecule is CCCCCC(CCCCC)NOCC(C)C. The summed E-state index contributed by atoms with van der Waals surface area (Å²) in [5.74, 6) is 0.606. The zero-order valence-electron chi connectivity index (χ0n) is 12.4. The van der Waals surface area contributed by atoms with Gasteiger partial charge in [0, 0.05) is 6.04 Å². The summed E-state index contributed by atoms with van der Waals surface area (Å²) in [5, 5.41) is 0. The first kappa shape index (κ1) is 16.9. The van der Waals surface area contributed by atoms with Gasteiger partial charge in [-0.2, -0.15) is 5.48 Å². The molecule has 0 atom stereocenters. The first-order chi connectivity index (χ1) is 8.20. The average Bonchev–Trinajstić information content (AvgIpc) is 2.28. The molecule has 2 nitrogen and oxygen atoms in total. The van der Waals surface area contributed by atoms with Gasteiger partial charge in [-0.3, -0.25) is 0 Å². The standard InChI is InChI=1S/C15H33NO/c1-5-7-9-11-15(12-10-8-6-2)16-17-13-14(3)4/h14-16H,5-13H2,1-4H3. The fourth-order valence-electron chi connectivity index (χ4n) is 1.88. The average molecular weight is 243 g/mol. The topological polar surface area (TPSA) is 21.3 Å². The Kier molecular flexibility index (Phi) is 12.3. The summed E-state index contributed by atoms with van der Waals surface area (Å²) in [4.78, 5) is 5.57. The van der Waals surface area contributed by atoms with Crippen molar-refractivity contribution >= 4 is 0 Å². The van der Waals surface area contributed by atoms with Gasteiger partial charge in [0.1, 0.15) is 0 Å². The van der Waals surface area contributed by atoms with Crippen LogP contribution in [0.1, 0.15) is 79.1 Å². The summed E-state index contributed by atoms with van der Waals surface area (Å²) in [7, 11) is 0. The molecule has 0 amide bonds. The summed E-state index contributed by atoms with van der Waals surface area (Å²) < 4.78 is 0. The second-order valence-corrected chi connectivity index (χ2v) is 5.51. The van der Waals surface area contributed by atoms with Crippen molar-refractivity contribution in [1.82, 2.24) is 5.48 Å². The summed E-state index contributed by atoms with van der Waals surface area (Å²) in [6, 6.07) is 0.562. The molecule has 1 N–H and O–H groups in total. The van der Waals surface area contributed by atoms with Gasteiger partial charge >= 0.3 is 0 Å². The molecule has 0 rings (SSSR count). The van der Waals surface area contributed by atoms with Gasteiger partial charge in [-0.15, -0.1) is 0 Å². The minimum Gasteiger partial charge on any atom is -0.301 e. The van der Waals surface area contributed by atoms with Crippen molar-refractivity contribution in [1.29, 1.82) is 0 Å². The summed E-state index contributed by atoms with van der Waals surface area (Å²) in [6.45, 7) is 9.71. The number of hydroxylamine groups is 1. The van der Waals surface area contributed by atoms with Crippen LogP contribution in [0.4, 0.5) is 0 Å². The van der Waals surface area contributed by atoms with E-state index in [9.17, 15) is 0 Å². The Morgan fingerprint density at radius 1 is 0.882 bits per heavy atom. The molecular formula is C15H33NO. The Hall–Kier alpha value is -0.0800. The maximum absolute atomic E-state index is 5.57. The van der Waals surface area contributed by atoms with Crippen LogP contribution in [-0.2, 0) is 4.84 Å². The molecule has 17 heavy (non-hydrogen) atoms. The van der Waals surface area contributed by atoms with Crippen molar-refractivity contribution in [2.75, 3.05) is 6.61 Å². The molecule has 0 saturated carbocycles. The molecule has 0 heterocycles. The highest BCUT2D eigenvalue weighted by Crippen LogP contribution is 2.11. The van der Waals surface area contributed by atoms with Crippen molar-refractivity contribution < 1.29 is 4.84 Å². The van der Waals surface area contributed by atoms with Crippen LogP contribution in [0.2, 0.25) is 0 Å². The molecule has 0 unspecified atom stereocenters. The third kappa shape index (κ3) is 12.2. The van der Waals surface area contributed by atoms with Crippen LogP contribution in [0, 0.1) is 5.92 Å². The van der Waals surface area contributed by atoms with Crippen LogP contribution in [0.3, 0.4) is 0 Å². The third-order valence-corrected chi connectivity index (χ3v) is 2.98. The Labute approximate surface area is 108 Å². The normalized spacial score (nSPS) is 11.6. The van der Waals surface area contributed by atoms with Crippen LogP contribution < -0.4 is 5.48 Å². The lowest BCUT2D eigenvalue weighted by atomic mass is 10.0. The van der Waals surface area contributed by atoms with Gasteiger partial charge < -0.3 is 4.84 Å². The van der Waals surface area contributed by atoms with E-state index in [0.29, 0.717) is 12.0 Å². The molecule has 0 spiro atoms. The fourth-order valence-corrected chi connectivity index (χ4v) is 1.88. The number of unbranched alkanes of at least 4 members (excludes halogenated alkanes) is 4. The van der Waals surface area contributed by atoms with Crippen LogP contribution in [-0.4, -0.2) is 12.6 Å². The first-order valence-electron chi connectivity index (χ1n) is 7.58. The van der Waals surface area contributed by atoms with Gasteiger partial charge in [0.15, 0.2) is 0 Å². The maximum atomic E-state index is 5.57. The highest BCUT2D eigenvalue weighted by atomic mass is 16.6. The van der Waals surface area contributed by atoms with Gasteiger partial charge in [0.2, 0.25) is 0 Å². The van der Waals surface area contributed by atoms with Gasteiger partial charge in [-0.1, -0.05) is 66.2 Å². The number of rotatable bonds is 12. The molecule has 0 aromatic rings. The minimum atomic E-state index is 0.562. The van der Waals surface area contributed by atoms with Gasteiger partial charge in [-0.05, 0) is 18.8 Å². The predicted octanol–water partition coefficient (Wildman–Crippen LogP) is 4.69. The van der Waals surface area contributed by atoms with E-state index in [1.807, 2.05) is 0 Å². The first-order valence-corrected chi connectivity index (χ1v) is 7.58. The Morgan fingerprint density at radius 3 is 1.82 bits per heavy atom. The molecule has 0 fully saturated rings. The van der Waals surface area contributed by atoms with Crippen LogP contribution in [0.15, 0.2) is 0 Å². The Morgan fingerprint density at radius 2 is 1.41 bits per heavy atom. The second kappa shape index (κ2) is 12.4. The molecule has 0 aromatic heterocycles. The van der Waals surface area contributed by atoms with E-state index in [1.54, 1.807) is 0 Å². The molecule has 0 aromatic carbocycles. The molecule has 0 aliphatic heterocycles. The zero-order chi connectivity index (χ0) is 12.9. The number of hydrogen-bond acceptors (Lipinski definition) is 2. The lowest BCUT2D eigenvalue weighted by Crippen LogP contribution is -2.30. The van der Waals surface area contributed by atoms with Gasteiger partial charge in [-0.25, -0.2) is 0 Å². The molecule has 0 bridgehead atoms. The highest BCUT2D eigenvalue weighted by Gasteiger charge is 2.08. The zero-order valence-corrected chi connectivity index (χ0v) is 12.4. The Balaban J connectivity index is 3.67. The maximum Gasteiger partial charge on any atom is 0.0705 e. The van der Waals surface area contributed by atoms with E-state index in [4.69, 9.17) is 4.84 Å². The van der Waals surface area contributed by atoms with E-state index in [1.165, 1.54) is 51.4 Å². The molecule has 0 saturated heterocycles. The lowest BCUT2D eigenvalue weighted by Gasteiger charge is -2.19. The summed E-state index contributed by atoms with van der Waals surface area (Å²) in [5.41, 5.74) is 3.27. The fraction of sp³-hybridized carbons (Fsp3) is 1.00. The van der Waals surface area contributed by atoms with Crippen LogP contribution in [0.5, 0.6) is 0 Å². The van der Waals surface area contributed by atoms with E-state index < -0.39 is 0 Å². The van der Waals surface area contributed by atoms with E-state index in [2.05, 4.69) is 33.2 Å². The van der Waals surface area contributed by atoms with Crippen molar-refractivity contribution in [2.45, 2.75) is 85.1 Å². The van der Waals surface area contributed by atoms with Crippen LogP contribution >= 0.6 is 0 Å². The van der Waals surface area contributed by atoms with Gasteiger partial charge in [0.05, 0.1) is 6.61 Å². The summed E-state index contributed by atoms with van der Waals surface area (Å²) >= 11 is 0. The molecule has 2 heteroatoms. The van der Waals surface area contributed by atoms with Gasteiger partial charge in [0.25, 0.3) is 0 Å². The third-order valence-electron chi connectivity index (χ3n) is 2.98. The molecular weight excluding hydrogens is 210 g/mol. The summed E-state index contributed by atoms with van der Waals surface area (Å²) in [6.07, 6.45) is 10.5. The number of nitrogens with one attached hydrogen (secondary N) is 1. The molecule has 104 valence electrons. The van der Waals surface area contributed by atoms with E-state index in [0.717, 1.165) is 6.61 Å². The van der Waals surface area contributed by atoms with E-state index in [-0.39, 0.29) is 0 Å². The van der Waals surface area contributed by atoms with Crippen molar-refractivity contribution in [3.63, 3.8) is 0 Å². The molecule has 0 aliphatic rings. The Bertz CT molecular complexity index is 138. The second-order valence-electron chi connectivity index (χ2n) is 5.51. The molecule has 0 radical (unpaired) electrons. The largest absolute Gasteiger partial charge is 0.301 e. The predicted molar refractivity (Wildman–Crippen MR) is 76.0 cm³/mol. The molecule has 0 aliphatic carbocycles. The highest BCUT2D eigenvalue weighted by molar-refractivity contribution is 4.63.